The van der Waals surface area contributed by atoms with Gasteiger partial charge >= 0.3 is 0 Å². The summed E-state index contributed by atoms with van der Waals surface area (Å²) in [6.07, 6.45) is 8.03. The topological polar surface area (TPSA) is 15.3 Å². The van der Waals surface area contributed by atoms with Crippen molar-refractivity contribution in [3.05, 3.63) is 0 Å². The van der Waals surface area contributed by atoms with Gasteiger partial charge in [0.05, 0.1) is 0 Å². The minimum Gasteiger partial charge on any atom is -0.312 e. The van der Waals surface area contributed by atoms with E-state index in [0.29, 0.717) is 11.6 Å². The molecule has 0 aromatic rings. The van der Waals surface area contributed by atoms with Crippen LogP contribution in [0.15, 0.2) is 0 Å². The monoisotopic (exact) mass is 268 g/mol. The smallest absolute Gasteiger partial charge is 0.0334 e. The number of hydrogen-bond acceptors (Lipinski definition) is 2. The van der Waals surface area contributed by atoms with Crippen LogP contribution in [0.2, 0.25) is 0 Å². The molecule has 0 aromatic carbocycles. The van der Waals surface area contributed by atoms with Crippen LogP contribution >= 0.6 is 0 Å². The van der Waals surface area contributed by atoms with E-state index >= 15 is 0 Å². The first kappa shape index (κ1) is 17.0. The van der Waals surface area contributed by atoms with Crippen LogP contribution in [0, 0.1) is 5.92 Å². The second-order valence-electron chi connectivity index (χ2n) is 6.37. The Hall–Kier alpha value is -0.0800. The van der Waals surface area contributed by atoms with Crippen molar-refractivity contribution in [2.45, 2.75) is 84.7 Å². The Labute approximate surface area is 121 Å². The number of nitrogens with one attached hydrogen (secondary N) is 1. The third-order valence-corrected chi connectivity index (χ3v) is 5.41. The maximum absolute atomic E-state index is 3.83. The molecule has 2 nitrogen and oxygen atoms in total. The SMILES string of the molecule is CCNC(C(CC)CC)C(C)(CC)N1CCCCC1. The molecule has 114 valence electrons. The predicted octanol–water partition coefficient (Wildman–Crippen LogP) is 4.06. The molecule has 1 heterocycles. The number of nitrogens with zero attached hydrogens (tertiary/aromatic N) is 1. The van der Waals surface area contributed by atoms with Gasteiger partial charge in [-0.2, -0.15) is 0 Å². The largest absolute Gasteiger partial charge is 0.312 e. The highest BCUT2D eigenvalue weighted by atomic mass is 15.2. The van der Waals surface area contributed by atoms with Crippen molar-refractivity contribution in [1.29, 1.82) is 0 Å². The summed E-state index contributed by atoms with van der Waals surface area (Å²) in [5.74, 6) is 0.798. The van der Waals surface area contributed by atoms with Crippen LogP contribution in [0.5, 0.6) is 0 Å². The van der Waals surface area contributed by atoms with Crippen molar-refractivity contribution in [2.24, 2.45) is 5.92 Å². The highest BCUT2D eigenvalue weighted by Gasteiger charge is 2.41. The minimum absolute atomic E-state index is 0.327. The molecule has 1 N–H and O–H groups in total. The van der Waals surface area contributed by atoms with E-state index in [1.807, 2.05) is 0 Å². The Kier molecular flexibility index (Phi) is 7.38. The highest BCUT2D eigenvalue weighted by molar-refractivity contribution is 4.99. The van der Waals surface area contributed by atoms with Gasteiger partial charge in [-0.3, -0.25) is 4.90 Å². The van der Waals surface area contributed by atoms with Crippen LogP contribution in [-0.2, 0) is 0 Å². The lowest BCUT2D eigenvalue weighted by atomic mass is 9.76. The van der Waals surface area contributed by atoms with Crippen LogP contribution in [-0.4, -0.2) is 36.1 Å². The van der Waals surface area contributed by atoms with Crippen LogP contribution in [0.25, 0.3) is 0 Å². The molecule has 1 rings (SSSR count). The molecule has 0 saturated carbocycles. The van der Waals surface area contributed by atoms with Crippen molar-refractivity contribution < 1.29 is 0 Å². The molecule has 2 unspecified atom stereocenters. The van der Waals surface area contributed by atoms with Crippen LogP contribution < -0.4 is 5.32 Å². The number of hydrogen-bond donors (Lipinski definition) is 1. The second-order valence-corrected chi connectivity index (χ2v) is 6.37. The summed E-state index contributed by atoms with van der Waals surface area (Å²) in [6, 6.07) is 0.635. The van der Waals surface area contributed by atoms with Crippen LogP contribution in [0.4, 0.5) is 0 Å². The maximum atomic E-state index is 3.83. The molecule has 1 saturated heterocycles. The molecule has 2 atom stereocenters. The van der Waals surface area contributed by atoms with E-state index in [9.17, 15) is 0 Å². The molecule has 0 aromatic heterocycles. The molecule has 1 aliphatic heterocycles. The van der Waals surface area contributed by atoms with E-state index < -0.39 is 0 Å². The third-order valence-electron chi connectivity index (χ3n) is 5.41. The van der Waals surface area contributed by atoms with Crippen molar-refractivity contribution in [3.8, 4) is 0 Å². The lowest BCUT2D eigenvalue weighted by Crippen LogP contribution is -2.62. The average molecular weight is 268 g/mol. The lowest BCUT2D eigenvalue weighted by Gasteiger charge is -2.50. The average Bonchev–Trinajstić information content (AvgIpc) is 2.47. The Morgan fingerprint density at radius 1 is 1.00 bits per heavy atom. The van der Waals surface area contributed by atoms with Gasteiger partial charge in [-0.05, 0) is 51.7 Å². The predicted molar refractivity (Wildman–Crippen MR) is 85.7 cm³/mol. The lowest BCUT2D eigenvalue weighted by molar-refractivity contribution is 0.0218. The molecule has 1 fully saturated rings. The molecular weight excluding hydrogens is 232 g/mol. The van der Waals surface area contributed by atoms with Crippen LogP contribution in [0.3, 0.4) is 0 Å². The summed E-state index contributed by atoms with van der Waals surface area (Å²) in [4.78, 5) is 2.78. The number of rotatable bonds is 8. The first-order valence-electron chi connectivity index (χ1n) is 8.62. The fraction of sp³-hybridized carbons (Fsp3) is 1.00. The Balaban J connectivity index is 2.91. The quantitative estimate of drug-likeness (QED) is 0.714. The third kappa shape index (κ3) is 3.95. The van der Waals surface area contributed by atoms with Crippen molar-refractivity contribution >= 4 is 0 Å². The summed E-state index contributed by atoms with van der Waals surface area (Å²) in [5.41, 5.74) is 0.327. The molecule has 0 bridgehead atoms. The number of likely N-dealkylation sites (tertiary alicyclic amines) is 1. The van der Waals surface area contributed by atoms with Gasteiger partial charge < -0.3 is 5.32 Å². The van der Waals surface area contributed by atoms with E-state index in [-0.39, 0.29) is 0 Å². The first-order valence-corrected chi connectivity index (χ1v) is 8.62. The zero-order valence-corrected chi connectivity index (χ0v) is 14.0. The molecule has 2 heteroatoms. The summed E-state index contributed by atoms with van der Waals surface area (Å²) >= 11 is 0. The van der Waals surface area contributed by atoms with Gasteiger partial charge in [0.15, 0.2) is 0 Å². The number of piperidine rings is 1. The van der Waals surface area contributed by atoms with Crippen LogP contribution in [0.1, 0.15) is 73.1 Å². The van der Waals surface area contributed by atoms with Gasteiger partial charge in [-0.25, -0.2) is 0 Å². The van der Waals surface area contributed by atoms with Gasteiger partial charge in [-0.1, -0.05) is 47.0 Å². The summed E-state index contributed by atoms with van der Waals surface area (Å²) in [5, 5.41) is 3.83. The molecule has 0 aliphatic carbocycles. The van der Waals surface area contributed by atoms with E-state index in [4.69, 9.17) is 0 Å². The Bertz CT molecular complexity index is 231. The van der Waals surface area contributed by atoms with Crippen molar-refractivity contribution in [2.75, 3.05) is 19.6 Å². The maximum Gasteiger partial charge on any atom is 0.0334 e. The number of likely N-dealkylation sites (N-methyl/N-ethyl adjacent to an activating group) is 1. The highest BCUT2D eigenvalue weighted by Crippen LogP contribution is 2.33. The molecule has 19 heavy (non-hydrogen) atoms. The molecule has 1 aliphatic rings. The van der Waals surface area contributed by atoms with E-state index in [1.54, 1.807) is 0 Å². The van der Waals surface area contributed by atoms with Gasteiger partial charge in [0.2, 0.25) is 0 Å². The first-order chi connectivity index (χ1) is 9.13. The second kappa shape index (κ2) is 8.26. The van der Waals surface area contributed by atoms with E-state index in [2.05, 4.69) is 44.8 Å². The van der Waals surface area contributed by atoms with Gasteiger partial charge in [0.25, 0.3) is 0 Å². The van der Waals surface area contributed by atoms with Gasteiger partial charge in [0.1, 0.15) is 0 Å². The van der Waals surface area contributed by atoms with Crippen molar-refractivity contribution in [3.63, 3.8) is 0 Å². The standard InChI is InChI=1S/C17H36N2/c1-6-15(7-2)16(18-9-4)17(5,8-3)19-13-11-10-12-14-19/h15-16,18H,6-14H2,1-5H3. The summed E-state index contributed by atoms with van der Waals surface area (Å²) in [6.45, 7) is 15.5. The van der Waals surface area contributed by atoms with Crippen molar-refractivity contribution in [1.82, 2.24) is 10.2 Å². The van der Waals surface area contributed by atoms with Gasteiger partial charge in [0, 0.05) is 11.6 Å². The van der Waals surface area contributed by atoms with E-state index in [0.717, 1.165) is 12.5 Å². The Morgan fingerprint density at radius 3 is 2.00 bits per heavy atom. The molecule has 0 spiro atoms. The molecular formula is C17H36N2. The molecule has 0 amide bonds. The Morgan fingerprint density at radius 2 is 1.58 bits per heavy atom. The normalized spacial score (nSPS) is 22.4. The summed E-state index contributed by atoms with van der Waals surface area (Å²) in [7, 11) is 0. The summed E-state index contributed by atoms with van der Waals surface area (Å²) < 4.78 is 0. The molecule has 0 radical (unpaired) electrons. The zero-order chi connectivity index (χ0) is 14.3. The zero-order valence-electron chi connectivity index (χ0n) is 14.0. The minimum atomic E-state index is 0.327. The van der Waals surface area contributed by atoms with Gasteiger partial charge in [-0.15, -0.1) is 0 Å². The fourth-order valence-electron chi connectivity index (χ4n) is 3.92. The van der Waals surface area contributed by atoms with E-state index in [1.165, 1.54) is 51.6 Å². The fourth-order valence-corrected chi connectivity index (χ4v) is 3.92.